The molecule has 9 nitrogen and oxygen atoms in total. The fraction of sp³-hybridized carbons (Fsp3) is 0.739. The highest BCUT2D eigenvalue weighted by Crippen LogP contribution is 2.39. The first-order valence-corrected chi connectivity index (χ1v) is 11.5. The van der Waals surface area contributed by atoms with Crippen molar-refractivity contribution in [2.24, 2.45) is 17.6 Å². The fourth-order valence-corrected chi connectivity index (χ4v) is 4.00. The molecule has 32 heavy (non-hydrogen) atoms. The topological polar surface area (TPSA) is 139 Å². The highest BCUT2D eigenvalue weighted by atomic mass is 16.6. The lowest BCUT2D eigenvalue weighted by Gasteiger charge is -2.28. The number of hydrogen-bond donors (Lipinski definition) is 3. The molecule has 1 aliphatic carbocycles. The van der Waals surface area contributed by atoms with Gasteiger partial charge < -0.3 is 25.8 Å². The van der Waals surface area contributed by atoms with Crippen LogP contribution in [-0.4, -0.2) is 58.1 Å². The van der Waals surface area contributed by atoms with Crippen LogP contribution in [-0.2, 0) is 19.1 Å². The van der Waals surface area contributed by atoms with E-state index in [1.807, 2.05) is 12.2 Å². The number of nitrogens with zero attached hydrogens (tertiary/aromatic N) is 1. The molecule has 0 aromatic rings. The Bertz CT molecular complexity index is 730. The number of nitrogens with one attached hydrogen (secondary N) is 1. The molecule has 1 saturated heterocycles. The maximum atomic E-state index is 13.1. The van der Waals surface area contributed by atoms with Crippen molar-refractivity contribution in [2.45, 2.75) is 89.8 Å². The average molecular weight is 452 g/mol. The van der Waals surface area contributed by atoms with Crippen molar-refractivity contribution < 1.29 is 29.0 Å². The van der Waals surface area contributed by atoms with E-state index in [0.29, 0.717) is 25.8 Å². The van der Waals surface area contributed by atoms with Gasteiger partial charge in [-0.2, -0.15) is 0 Å². The number of hydrogen-bond acceptors (Lipinski definition) is 5. The number of unbranched alkanes of at least 4 members (excludes halogenated alkanes) is 3. The van der Waals surface area contributed by atoms with E-state index in [4.69, 9.17) is 15.6 Å². The summed E-state index contributed by atoms with van der Waals surface area (Å²) in [7, 11) is 0. The number of nitrogens with two attached hydrogens (primary N) is 1. The lowest BCUT2D eigenvalue weighted by molar-refractivity contribution is -0.139. The Morgan fingerprint density at radius 3 is 2.53 bits per heavy atom. The van der Waals surface area contributed by atoms with E-state index in [9.17, 15) is 19.2 Å². The molecule has 1 heterocycles. The third kappa shape index (κ3) is 8.16. The van der Waals surface area contributed by atoms with Crippen LogP contribution in [0.4, 0.5) is 4.79 Å². The number of primary amides is 1. The molecule has 0 bridgehead atoms. The Morgan fingerprint density at radius 2 is 1.94 bits per heavy atom. The van der Waals surface area contributed by atoms with Crippen molar-refractivity contribution in [2.75, 3.05) is 6.54 Å². The minimum absolute atomic E-state index is 0.159. The first-order valence-electron chi connectivity index (χ1n) is 11.5. The molecule has 0 spiro atoms. The molecule has 3 amide bonds. The number of alkyl carbamates (subject to hydrolysis) is 1. The third-order valence-corrected chi connectivity index (χ3v) is 5.76. The van der Waals surface area contributed by atoms with E-state index < -0.39 is 35.7 Å². The molecule has 0 aromatic heterocycles. The van der Waals surface area contributed by atoms with E-state index in [1.54, 1.807) is 20.8 Å². The van der Waals surface area contributed by atoms with Gasteiger partial charge in [0.25, 0.3) is 0 Å². The molecule has 0 aromatic carbocycles. The zero-order valence-corrected chi connectivity index (χ0v) is 19.3. The van der Waals surface area contributed by atoms with Gasteiger partial charge in [0.1, 0.15) is 17.7 Å². The molecule has 4 unspecified atom stereocenters. The summed E-state index contributed by atoms with van der Waals surface area (Å²) in [6.07, 6.45) is 9.06. The van der Waals surface area contributed by atoms with E-state index >= 15 is 0 Å². The van der Waals surface area contributed by atoms with Crippen molar-refractivity contribution in [1.29, 1.82) is 0 Å². The molecule has 9 heteroatoms. The van der Waals surface area contributed by atoms with Crippen LogP contribution in [0.25, 0.3) is 0 Å². The summed E-state index contributed by atoms with van der Waals surface area (Å²) in [6, 6.07) is -1.41. The van der Waals surface area contributed by atoms with Crippen molar-refractivity contribution >= 4 is 23.9 Å². The SMILES string of the molecule is CC(C)(C)OC(=O)NC(CCCCCC=CC1CC1C(=O)O)C(=O)N1CCCC1C(N)=O. The summed E-state index contributed by atoms with van der Waals surface area (Å²) in [5.41, 5.74) is 4.76. The number of rotatable bonds is 11. The molecule has 1 saturated carbocycles. The Labute approximate surface area is 189 Å². The number of carbonyl (C=O) groups excluding carboxylic acids is 3. The zero-order valence-electron chi connectivity index (χ0n) is 19.3. The number of carbonyl (C=O) groups is 4. The van der Waals surface area contributed by atoms with Gasteiger partial charge in [0.15, 0.2) is 0 Å². The Hall–Kier alpha value is -2.58. The van der Waals surface area contributed by atoms with Crippen molar-refractivity contribution in [3.63, 3.8) is 0 Å². The summed E-state index contributed by atoms with van der Waals surface area (Å²) in [6.45, 7) is 5.70. The van der Waals surface area contributed by atoms with Crippen LogP contribution in [0.5, 0.6) is 0 Å². The smallest absolute Gasteiger partial charge is 0.408 e. The van der Waals surface area contributed by atoms with Crippen LogP contribution in [0.15, 0.2) is 12.2 Å². The second-order valence-electron chi connectivity index (χ2n) is 9.70. The molecule has 4 N–H and O–H groups in total. The summed E-state index contributed by atoms with van der Waals surface area (Å²) >= 11 is 0. The maximum Gasteiger partial charge on any atom is 0.408 e. The van der Waals surface area contributed by atoms with E-state index in [2.05, 4.69) is 5.32 Å². The summed E-state index contributed by atoms with van der Waals surface area (Å²) in [5, 5.41) is 11.6. The van der Waals surface area contributed by atoms with Crippen molar-refractivity contribution in [1.82, 2.24) is 10.2 Å². The summed E-state index contributed by atoms with van der Waals surface area (Å²) in [5.74, 6) is -1.63. The molecule has 0 radical (unpaired) electrons. The molecule has 1 aliphatic heterocycles. The monoisotopic (exact) mass is 451 g/mol. The van der Waals surface area contributed by atoms with Gasteiger partial charge in [0.05, 0.1) is 5.92 Å². The minimum atomic E-state index is -0.775. The van der Waals surface area contributed by atoms with Crippen molar-refractivity contribution in [3.8, 4) is 0 Å². The second kappa shape index (κ2) is 11.3. The van der Waals surface area contributed by atoms with Gasteiger partial charge in [0, 0.05) is 6.54 Å². The predicted molar refractivity (Wildman–Crippen MR) is 119 cm³/mol. The van der Waals surface area contributed by atoms with Gasteiger partial charge in [-0.15, -0.1) is 0 Å². The molecule has 4 atom stereocenters. The Morgan fingerprint density at radius 1 is 1.22 bits per heavy atom. The molecule has 2 rings (SSSR count). The van der Waals surface area contributed by atoms with E-state index in [0.717, 1.165) is 32.1 Å². The lowest BCUT2D eigenvalue weighted by Crippen LogP contribution is -2.53. The minimum Gasteiger partial charge on any atom is -0.481 e. The second-order valence-corrected chi connectivity index (χ2v) is 9.70. The number of carboxylic acid groups (broad SMARTS) is 1. The summed E-state index contributed by atoms with van der Waals surface area (Å²) in [4.78, 5) is 49.4. The molecular formula is C23H37N3O6. The fourth-order valence-electron chi connectivity index (χ4n) is 4.00. The van der Waals surface area contributed by atoms with Gasteiger partial charge in [-0.25, -0.2) is 4.79 Å². The van der Waals surface area contributed by atoms with Gasteiger partial charge in [-0.05, 0) is 65.2 Å². The van der Waals surface area contributed by atoms with Crippen LogP contribution in [0.1, 0.15) is 72.1 Å². The van der Waals surface area contributed by atoms with Gasteiger partial charge in [0.2, 0.25) is 11.8 Å². The van der Waals surface area contributed by atoms with Crippen LogP contribution in [0.3, 0.4) is 0 Å². The number of amides is 3. The highest BCUT2D eigenvalue weighted by molar-refractivity contribution is 5.91. The third-order valence-electron chi connectivity index (χ3n) is 5.76. The van der Waals surface area contributed by atoms with Crippen LogP contribution < -0.4 is 11.1 Å². The average Bonchev–Trinajstić information content (AvgIpc) is 3.28. The number of carboxylic acids is 1. The zero-order chi connectivity index (χ0) is 23.9. The van der Waals surface area contributed by atoms with E-state index in [-0.39, 0.29) is 17.7 Å². The number of ether oxygens (including phenoxy) is 1. The largest absolute Gasteiger partial charge is 0.481 e. The standard InChI is InChI=1S/C23H37N3O6/c1-23(2,3)32-22(31)25-17(20(28)26-13-9-12-18(26)19(24)27)11-8-6-4-5-7-10-15-14-16(15)21(29)30/h7,10,15-18H,4-6,8-9,11-14H2,1-3H3,(H2,24,27)(H,25,31)(H,29,30). The molecule has 180 valence electrons. The number of aliphatic carboxylic acids is 1. The van der Waals surface area contributed by atoms with Crippen LogP contribution >= 0.6 is 0 Å². The molecule has 2 aliphatic rings. The number of likely N-dealkylation sites (tertiary alicyclic amines) is 1. The Balaban J connectivity index is 1.83. The molecular weight excluding hydrogens is 414 g/mol. The Kier molecular flexibility index (Phi) is 9.09. The van der Waals surface area contributed by atoms with Gasteiger partial charge in [-0.1, -0.05) is 25.0 Å². The van der Waals surface area contributed by atoms with Crippen molar-refractivity contribution in [3.05, 3.63) is 12.2 Å². The summed E-state index contributed by atoms with van der Waals surface area (Å²) < 4.78 is 5.31. The highest BCUT2D eigenvalue weighted by Gasteiger charge is 2.41. The van der Waals surface area contributed by atoms with E-state index in [1.165, 1.54) is 4.90 Å². The van der Waals surface area contributed by atoms with Crippen LogP contribution in [0, 0.1) is 11.8 Å². The number of allylic oxidation sites excluding steroid dienone is 2. The van der Waals surface area contributed by atoms with Crippen LogP contribution in [0.2, 0.25) is 0 Å². The molecule has 2 fully saturated rings. The first-order chi connectivity index (χ1) is 15.0. The van der Waals surface area contributed by atoms with Gasteiger partial charge in [-0.3, -0.25) is 14.4 Å². The quantitative estimate of drug-likeness (QED) is 0.326. The normalized spacial score (nSPS) is 23.7. The predicted octanol–water partition coefficient (Wildman–Crippen LogP) is 2.58. The maximum absolute atomic E-state index is 13.1. The lowest BCUT2D eigenvalue weighted by atomic mass is 10.0. The van der Waals surface area contributed by atoms with Gasteiger partial charge >= 0.3 is 12.1 Å². The first kappa shape index (κ1) is 25.7.